The smallest absolute Gasteiger partial charge is 0.324 e. The molecule has 1 aromatic carbocycles. The highest BCUT2D eigenvalue weighted by Gasteiger charge is 2.05. The molecule has 0 radical (unpaired) electrons. The zero-order valence-electron chi connectivity index (χ0n) is 9.61. The summed E-state index contributed by atoms with van der Waals surface area (Å²) in [5.74, 6) is 0. The second-order valence-corrected chi connectivity index (χ2v) is 5.12. The summed E-state index contributed by atoms with van der Waals surface area (Å²) in [4.78, 5) is 18.7. The van der Waals surface area contributed by atoms with E-state index in [0.29, 0.717) is 11.0 Å². The zero-order chi connectivity index (χ0) is 13.2. The van der Waals surface area contributed by atoms with Gasteiger partial charge in [0.15, 0.2) is 0 Å². The molecule has 0 unspecified atom stereocenters. The van der Waals surface area contributed by atoms with Gasteiger partial charge in [0.25, 0.3) is 0 Å². The number of thiophene rings is 1. The number of H-pyrrole nitrogens is 1. The van der Waals surface area contributed by atoms with Crippen LogP contribution in [0, 0.1) is 0 Å². The molecule has 0 saturated carbocycles. The molecular formula is C12H9ClN4OS. The van der Waals surface area contributed by atoms with Gasteiger partial charge in [0.1, 0.15) is 0 Å². The molecule has 3 aromatic rings. The first-order valence-corrected chi connectivity index (χ1v) is 6.73. The van der Waals surface area contributed by atoms with Crippen LogP contribution in [0.15, 0.2) is 35.7 Å². The highest BCUT2D eigenvalue weighted by molar-refractivity contribution is 7.14. The Morgan fingerprint density at radius 2 is 2.21 bits per heavy atom. The minimum absolute atomic E-state index is 0.285. The standard InChI is InChI=1S/C12H9ClN4OS/c13-11-15-8-4-3-7(6-9(8)16-11)14-12(18)17-10-2-1-5-19-10/h1-6H,(H,15,16)(H2,14,17,18). The topological polar surface area (TPSA) is 69.8 Å². The Hall–Kier alpha value is -2.05. The summed E-state index contributed by atoms with van der Waals surface area (Å²) in [6, 6.07) is 8.77. The molecule has 0 aliphatic heterocycles. The zero-order valence-corrected chi connectivity index (χ0v) is 11.2. The van der Waals surface area contributed by atoms with E-state index < -0.39 is 0 Å². The largest absolute Gasteiger partial charge is 0.329 e. The molecule has 5 nitrogen and oxygen atoms in total. The van der Waals surface area contributed by atoms with Gasteiger partial charge < -0.3 is 10.3 Å². The second-order valence-electron chi connectivity index (χ2n) is 3.82. The van der Waals surface area contributed by atoms with Crippen molar-refractivity contribution in [3.8, 4) is 0 Å². The van der Waals surface area contributed by atoms with Crippen molar-refractivity contribution >= 4 is 50.7 Å². The lowest BCUT2D eigenvalue weighted by atomic mass is 10.3. The molecule has 96 valence electrons. The van der Waals surface area contributed by atoms with Crippen LogP contribution in [0.3, 0.4) is 0 Å². The number of aromatic amines is 1. The lowest BCUT2D eigenvalue weighted by Crippen LogP contribution is -2.18. The maximum absolute atomic E-state index is 11.8. The number of hydrogen-bond acceptors (Lipinski definition) is 3. The third-order valence-electron chi connectivity index (χ3n) is 2.47. The normalized spacial score (nSPS) is 10.6. The molecule has 0 bridgehead atoms. The number of nitrogens with one attached hydrogen (secondary N) is 3. The molecule has 0 atom stereocenters. The number of nitrogens with zero attached hydrogens (tertiary/aromatic N) is 1. The van der Waals surface area contributed by atoms with Gasteiger partial charge in [-0.05, 0) is 47.3 Å². The predicted molar refractivity (Wildman–Crippen MR) is 78.1 cm³/mol. The lowest BCUT2D eigenvalue weighted by Gasteiger charge is -2.05. The number of carbonyl (C=O) groups excluding carboxylic acids is 1. The van der Waals surface area contributed by atoms with E-state index in [0.717, 1.165) is 16.0 Å². The minimum Gasteiger partial charge on any atom is -0.329 e. The van der Waals surface area contributed by atoms with Crippen molar-refractivity contribution in [2.45, 2.75) is 0 Å². The number of imidazole rings is 1. The van der Waals surface area contributed by atoms with Crippen molar-refractivity contribution < 1.29 is 4.79 Å². The monoisotopic (exact) mass is 292 g/mol. The van der Waals surface area contributed by atoms with Crippen molar-refractivity contribution in [2.24, 2.45) is 0 Å². The number of carbonyl (C=O) groups is 1. The molecule has 3 rings (SSSR count). The van der Waals surface area contributed by atoms with Crippen LogP contribution < -0.4 is 10.6 Å². The minimum atomic E-state index is -0.285. The Morgan fingerprint density at radius 1 is 1.32 bits per heavy atom. The SMILES string of the molecule is O=C(Nc1ccc2nc(Cl)[nH]c2c1)Nc1cccs1. The molecule has 19 heavy (non-hydrogen) atoms. The highest BCUT2D eigenvalue weighted by atomic mass is 35.5. The van der Waals surface area contributed by atoms with Gasteiger partial charge in [-0.2, -0.15) is 0 Å². The Labute approximate surface area is 117 Å². The van der Waals surface area contributed by atoms with Gasteiger partial charge in [0, 0.05) is 5.69 Å². The van der Waals surface area contributed by atoms with Crippen molar-refractivity contribution in [1.29, 1.82) is 0 Å². The summed E-state index contributed by atoms with van der Waals surface area (Å²) in [6.07, 6.45) is 0. The van der Waals surface area contributed by atoms with E-state index in [1.165, 1.54) is 11.3 Å². The first kappa shape index (κ1) is 12.0. The number of halogens is 1. The van der Waals surface area contributed by atoms with E-state index in [2.05, 4.69) is 20.6 Å². The fraction of sp³-hybridized carbons (Fsp3) is 0. The summed E-state index contributed by atoms with van der Waals surface area (Å²) < 4.78 is 0. The lowest BCUT2D eigenvalue weighted by molar-refractivity contribution is 0.262. The number of anilines is 2. The molecule has 2 heterocycles. The number of hydrogen-bond donors (Lipinski definition) is 3. The number of benzene rings is 1. The van der Waals surface area contributed by atoms with Crippen LogP contribution in [0.2, 0.25) is 5.28 Å². The maximum atomic E-state index is 11.8. The van der Waals surface area contributed by atoms with Crippen LogP contribution in [0.4, 0.5) is 15.5 Å². The Morgan fingerprint density at radius 3 is 3.00 bits per heavy atom. The molecule has 0 spiro atoms. The highest BCUT2D eigenvalue weighted by Crippen LogP contribution is 2.20. The maximum Gasteiger partial charge on any atom is 0.324 e. The first-order chi connectivity index (χ1) is 9.20. The van der Waals surface area contributed by atoms with Crippen LogP contribution in [0.1, 0.15) is 0 Å². The molecule has 2 amide bonds. The average molecular weight is 293 g/mol. The van der Waals surface area contributed by atoms with Crippen LogP contribution in [0.25, 0.3) is 11.0 Å². The van der Waals surface area contributed by atoms with Crippen molar-refractivity contribution in [3.63, 3.8) is 0 Å². The molecular weight excluding hydrogens is 284 g/mol. The predicted octanol–water partition coefficient (Wildman–Crippen LogP) is 3.92. The molecule has 3 N–H and O–H groups in total. The molecule has 0 saturated heterocycles. The van der Waals surface area contributed by atoms with Crippen molar-refractivity contribution in [2.75, 3.05) is 10.6 Å². The second kappa shape index (κ2) is 4.91. The van der Waals surface area contributed by atoms with E-state index in [1.807, 2.05) is 17.5 Å². The van der Waals surface area contributed by atoms with Gasteiger partial charge in [-0.1, -0.05) is 0 Å². The van der Waals surface area contributed by atoms with E-state index in [9.17, 15) is 4.79 Å². The molecule has 0 aliphatic rings. The molecule has 0 fully saturated rings. The number of fused-ring (bicyclic) bond motifs is 1. The third-order valence-corrected chi connectivity index (χ3v) is 3.43. The molecule has 2 aromatic heterocycles. The van der Waals surface area contributed by atoms with Crippen LogP contribution in [-0.4, -0.2) is 16.0 Å². The summed E-state index contributed by atoms with van der Waals surface area (Å²) in [7, 11) is 0. The quantitative estimate of drug-likeness (QED) is 0.670. The van der Waals surface area contributed by atoms with E-state index in [-0.39, 0.29) is 6.03 Å². The molecule has 7 heteroatoms. The Balaban J connectivity index is 1.75. The van der Waals surface area contributed by atoms with E-state index in [4.69, 9.17) is 11.6 Å². The summed E-state index contributed by atoms with van der Waals surface area (Å²) >= 11 is 7.23. The van der Waals surface area contributed by atoms with E-state index in [1.54, 1.807) is 18.2 Å². The fourth-order valence-corrected chi connectivity index (χ4v) is 2.49. The van der Waals surface area contributed by atoms with Gasteiger partial charge >= 0.3 is 6.03 Å². The van der Waals surface area contributed by atoms with Gasteiger partial charge in [-0.3, -0.25) is 5.32 Å². The fourth-order valence-electron chi connectivity index (χ4n) is 1.68. The van der Waals surface area contributed by atoms with Gasteiger partial charge in [0.05, 0.1) is 16.0 Å². The summed E-state index contributed by atoms with van der Waals surface area (Å²) in [6.45, 7) is 0. The van der Waals surface area contributed by atoms with Gasteiger partial charge in [-0.15, -0.1) is 11.3 Å². The third kappa shape index (κ3) is 2.69. The van der Waals surface area contributed by atoms with Gasteiger partial charge in [-0.25, -0.2) is 9.78 Å². The van der Waals surface area contributed by atoms with Crippen LogP contribution >= 0.6 is 22.9 Å². The summed E-state index contributed by atoms with van der Waals surface area (Å²) in [5, 5.41) is 8.51. The van der Waals surface area contributed by atoms with E-state index >= 15 is 0 Å². The number of urea groups is 1. The van der Waals surface area contributed by atoms with Crippen LogP contribution in [-0.2, 0) is 0 Å². The number of amides is 2. The number of aromatic nitrogens is 2. The van der Waals surface area contributed by atoms with Crippen molar-refractivity contribution in [3.05, 3.63) is 41.0 Å². The van der Waals surface area contributed by atoms with Gasteiger partial charge in [0.2, 0.25) is 5.28 Å². The summed E-state index contributed by atoms with van der Waals surface area (Å²) in [5.41, 5.74) is 2.20. The molecule has 0 aliphatic carbocycles. The number of rotatable bonds is 2. The average Bonchev–Trinajstić information content (AvgIpc) is 2.96. The Kier molecular flexibility index (Phi) is 3.10. The van der Waals surface area contributed by atoms with Crippen molar-refractivity contribution in [1.82, 2.24) is 9.97 Å². The van der Waals surface area contributed by atoms with Crippen LogP contribution in [0.5, 0.6) is 0 Å². The first-order valence-electron chi connectivity index (χ1n) is 5.47. The Bertz CT molecular complexity index is 722.